The van der Waals surface area contributed by atoms with Crippen LogP contribution in [0.25, 0.3) is 11.0 Å². The van der Waals surface area contributed by atoms with E-state index in [9.17, 15) is 14.9 Å². The highest BCUT2D eigenvalue weighted by Crippen LogP contribution is 2.14. The lowest BCUT2D eigenvalue weighted by atomic mass is 10.3. The third-order valence-corrected chi connectivity index (χ3v) is 2.30. The van der Waals surface area contributed by atoms with Crippen molar-refractivity contribution >= 4 is 32.7 Å². The molecule has 2 heterocycles. The monoisotopic (exact) mass is 269 g/mol. The van der Waals surface area contributed by atoms with Crippen LogP contribution >= 0.6 is 15.9 Å². The van der Waals surface area contributed by atoms with Crippen molar-refractivity contribution in [1.29, 1.82) is 0 Å². The molecule has 2 aromatic rings. The Morgan fingerprint density at radius 2 is 2.27 bits per heavy atom. The Hall–Kier alpha value is -1.76. The second-order valence-corrected chi connectivity index (χ2v) is 3.73. The van der Waals surface area contributed by atoms with Gasteiger partial charge in [-0.2, -0.15) is 0 Å². The van der Waals surface area contributed by atoms with Gasteiger partial charge in [-0.05, 0) is 22.0 Å². The molecule has 0 aliphatic heterocycles. The quantitative estimate of drug-likeness (QED) is 0.629. The number of hydrogen-bond donors (Lipinski definition) is 1. The first kappa shape index (κ1) is 9.78. The molecule has 0 aliphatic rings. The lowest BCUT2D eigenvalue weighted by Crippen LogP contribution is -2.10. The van der Waals surface area contributed by atoms with Crippen LogP contribution in [0.3, 0.4) is 0 Å². The molecule has 0 atom stereocenters. The molecule has 2 rings (SSSR count). The number of halogens is 1. The minimum atomic E-state index is -0.734. The Morgan fingerprint density at radius 3 is 2.93 bits per heavy atom. The van der Waals surface area contributed by atoms with Crippen molar-refractivity contribution in [3.63, 3.8) is 0 Å². The smallest absolute Gasteiger partial charge is 0.334 e. The Kier molecular flexibility index (Phi) is 2.24. The summed E-state index contributed by atoms with van der Waals surface area (Å²) in [6, 6.07) is 1.63. The Balaban J connectivity index is 2.86. The van der Waals surface area contributed by atoms with Crippen LogP contribution in [0.4, 0.5) is 5.69 Å². The molecular formula is C8H4BrN3O3. The summed E-state index contributed by atoms with van der Waals surface area (Å²) in [7, 11) is 0. The molecule has 0 spiro atoms. The van der Waals surface area contributed by atoms with Crippen molar-refractivity contribution in [3.8, 4) is 0 Å². The SMILES string of the molecule is O=c1c([N+](=O)[O-])c[nH]c2cc(Br)cnc12. The molecule has 0 saturated heterocycles. The number of aromatic amines is 1. The standard InChI is InChI=1S/C8H4BrN3O3/c9-4-1-5-7(11-2-4)8(13)6(3-10-5)12(14)15/h1-3H,(H,10,13). The van der Waals surface area contributed by atoms with E-state index in [1.807, 2.05) is 0 Å². The number of nitrogens with one attached hydrogen (secondary N) is 1. The van der Waals surface area contributed by atoms with Gasteiger partial charge in [0.2, 0.25) is 0 Å². The largest absolute Gasteiger partial charge is 0.354 e. The fourth-order valence-corrected chi connectivity index (χ4v) is 1.53. The fourth-order valence-electron chi connectivity index (χ4n) is 1.20. The summed E-state index contributed by atoms with van der Waals surface area (Å²) in [5.74, 6) is 0. The molecule has 0 amide bonds. The topological polar surface area (TPSA) is 88.9 Å². The number of rotatable bonds is 1. The maximum absolute atomic E-state index is 11.5. The van der Waals surface area contributed by atoms with E-state index in [0.29, 0.717) is 9.99 Å². The summed E-state index contributed by atoms with van der Waals surface area (Å²) >= 11 is 3.19. The van der Waals surface area contributed by atoms with Crippen LogP contribution in [-0.4, -0.2) is 14.9 Å². The van der Waals surface area contributed by atoms with Gasteiger partial charge in [0.05, 0.1) is 16.6 Å². The maximum Gasteiger partial charge on any atom is 0.334 e. The van der Waals surface area contributed by atoms with Crippen LogP contribution in [-0.2, 0) is 0 Å². The molecule has 15 heavy (non-hydrogen) atoms. The molecule has 0 aromatic carbocycles. The first-order valence-electron chi connectivity index (χ1n) is 3.91. The summed E-state index contributed by atoms with van der Waals surface area (Å²) < 4.78 is 0.694. The van der Waals surface area contributed by atoms with E-state index in [1.54, 1.807) is 6.07 Å². The predicted molar refractivity (Wildman–Crippen MR) is 56.7 cm³/mol. The molecule has 0 bridgehead atoms. The van der Waals surface area contributed by atoms with Crippen molar-refractivity contribution in [2.24, 2.45) is 0 Å². The highest BCUT2D eigenvalue weighted by Gasteiger charge is 2.15. The van der Waals surface area contributed by atoms with Crippen LogP contribution in [0.5, 0.6) is 0 Å². The molecule has 0 unspecified atom stereocenters. The van der Waals surface area contributed by atoms with Crippen molar-refractivity contribution in [3.05, 3.63) is 43.3 Å². The van der Waals surface area contributed by atoms with Gasteiger partial charge in [0, 0.05) is 10.7 Å². The lowest BCUT2D eigenvalue weighted by Gasteiger charge is -1.97. The number of pyridine rings is 2. The van der Waals surface area contributed by atoms with Gasteiger partial charge in [-0.25, -0.2) is 4.98 Å². The molecule has 0 aliphatic carbocycles. The van der Waals surface area contributed by atoms with Gasteiger partial charge >= 0.3 is 5.69 Å². The van der Waals surface area contributed by atoms with E-state index >= 15 is 0 Å². The van der Waals surface area contributed by atoms with Gasteiger partial charge < -0.3 is 4.98 Å². The van der Waals surface area contributed by atoms with Gasteiger partial charge in [0.1, 0.15) is 5.52 Å². The molecule has 0 radical (unpaired) electrons. The summed E-state index contributed by atoms with van der Waals surface area (Å²) in [5, 5.41) is 10.5. The number of aromatic nitrogens is 2. The summed E-state index contributed by atoms with van der Waals surface area (Å²) in [4.78, 5) is 27.8. The van der Waals surface area contributed by atoms with Gasteiger partial charge in [-0.3, -0.25) is 14.9 Å². The second-order valence-electron chi connectivity index (χ2n) is 2.81. The highest BCUT2D eigenvalue weighted by molar-refractivity contribution is 9.10. The van der Waals surface area contributed by atoms with Gasteiger partial charge in [-0.1, -0.05) is 0 Å². The predicted octanol–water partition coefficient (Wildman–Crippen LogP) is 1.59. The summed E-state index contributed by atoms with van der Waals surface area (Å²) in [5.41, 5.74) is -0.661. The van der Waals surface area contributed by atoms with E-state index < -0.39 is 16.0 Å². The Labute approximate surface area is 91.2 Å². The number of fused-ring (bicyclic) bond motifs is 1. The number of hydrogen-bond acceptors (Lipinski definition) is 4. The number of nitro groups is 1. The van der Waals surface area contributed by atoms with Crippen LogP contribution in [0.15, 0.2) is 27.7 Å². The Bertz CT molecular complexity index is 608. The molecule has 2 aromatic heterocycles. The van der Waals surface area contributed by atoms with Crippen LogP contribution in [0.2, 0.25) is 0 Å². The molecule has 7 heteroatoms. The van der Waals surface area contributed by atoms with E-state index in [0.717, 1.165) is 6.20 Å². The minimum absolute atomic E-state index is 0.0624. The average molecular weight is 270 g/mol. The van der Waals surface area contributed by atoms with Crippen molar-refractivity contribution < 1.29 is 4.92 Å². The maximum atomic E-state index is 11.5. The zero-order chi connectivity index (χ0) is 11.0. The first-order valence-corrected chi connectivity index (χ1v) is 4.70. The molecule has 76 valence electrons. The third-order valence-electron chi connectivity index (χ3n) is 1.86. The number of H-pyrrole nitrogens is 1. The average Bonchev–Trinajstić information content (AvgIpc) is 2.17. The lowest BCUT2D eigenvalue weighted by molar-refractivity contribution is -0.386. The van der Waals surface area contributed by atoms with E-state index in [-0.39, 0.29) is 5.52 Å². The third kappa shape index (κ3) is 1.61. The van der Waals surface area contributed by atoms with Gasteiger partial charge in [-0.15, -0.1) is 0 Å². The zero-order valence-electron chi connectivity index (χ0n) is 7.23. The highest BCUT2D eigenvalue weighted by atomic mass is 79.9. The van der Waals surface area contributed by atoms with Gasteiger partial charge in [0.15, 0.2) is 0 Å². The molecular weight excluding hydrogens is 266 g/mol. The van der Waals surface area contributed by atoms with Crippen LogP contribution < -0.4 is 5.43 Å². The summed E-state index contributed by atoms with van der Waals surface area (Å²) in [6.07, 6.45) is 2.49. The molecule has 0 saturated carbocycles. The molecule has 6 nitrogen and oxygen atoms in total. The van der Waals surface area contributed by atoms with Gasteiger partial charge in [0.25, 0.3) is 5.43 Å². The van der Waals surface area contributed by atoms with E-state index in [1.165, 1.54) is 6.20 Å². The fraction of sp³-hybridized carbons (Fsp3) is 0. The zero-order valence-corrected chi connectivity index (χ0v) is 8.82. The van der Waals surface area contributed by atoms with E-state index in [2.05, 4.69) is 25.9 Å². The molecule has 0 fully saturated rings. The van der Waals surface area contributed by atoms with E-state index in [4.69, 9.17) is 0 Å². The Morgan fingerprint density at radius 1 is 1.53 bits per heavy atom. The number of nitrogens with zero attached hydrogens (tertiary/aromatic N) is 2. The first-order chi connectivity index (χ1) is 7.09. The molecule has 1 N–H and O–H groups in total. The van der Waals surface area contributed by atoms with Crippen LogP contribution in [0.1, 0.15) is 0 Å². The van der Waals surface area contributed by atoms with Crippen LogP contribution in [0, 0.1) is 10.1 Å². The van der Waals surface area contributed by atoms with Crippen molar-refractivity contribution in [2.75, 3.05) is 0 Å². The van der Waals surface area contributed by atoms with Crippen molar-refractivity contribution in [1.82, 2.24) is 9.97 Å². The summed E-state index contributed by atoms with van der Waals surface area (Å²) in [6.45, 7) is 0. The second kappa shape index (κ2) is 3.43. The normalized spacial score (nSPS) is 10.5. The van der Waals surface area contributed by atoms with Crippen molar-refractivity contribution in [2.45, 2.75) is 0 Å². The minimum Gasteiger partial charge on any atom is -0.354 e.